The Labute approximate surface area is 183 Å². The highest BCUT2D eigenvalue weighted by atomic mass is 19.1. The lowest BCUT2D eigenvalue weighted by molar-refractivity contribution is -0.141. The fraction of sp³-hybridized carbons (Fsp3) is 0.190. The number of anilines is 3. The second-order valence-electron chi connectivity index (χ2n) is 6.93. The van der Waals surface area contributed by atoms with E-state index >= 15 is 0 Å². The molecule has 0 bridgehead atoms. The Kier molecular flexibility index (Phi) is 6.06. The molecular formula is C21H21FN8O2. The van der Waals surface area contributed by atoms with Crippen LogP contribution in [0.1, 0.15) is 5.56 Å². The van der Waals surface area contributed by atoms with Gasteiger partial charge in [-0.1, -0.05) is 18.2 Å². The number of methoxy groups -OCH3 is 1. The molecule has 1 aromatic carbocycles. The van der Waals surface area contributed by atoms with Crippen molar-refractivity contribution >= 4 is 23.7 Å². The van der Waals surface area contributed by atoms with Crippen molar-refractivity contribution in [3.8, 4) is 11.1 Å². The van der Waals surface area contributed by atoms with Gasteiger partial charge in [-0.15, -0.1) is 0 Å². The van der Waals surface area contributed by atoms with Crippen molar-refractivity contribution in [2.45, 2.75) is 13.1 Å². The van der Waals surface area contributed by atoms with Gasteiger partial charge in [0.15, 0.2) is 11.6 Å². The minimum Gasteiger partial charge on any atom is -0.468 e. The first-order valence-electron chi connectivity index (χ1n) is 9.71. The Bertz CT molecular complexity index is 1240. The number of benzene rings is 1. The summed E-state index contributed by atoms with van der Waals surface area (Å²) in [4.78, 5) is 23.8. The van der Waals surface area contributed by atoms with Gasteiger partial charge in [0, 0.05) is 37.7 Å². The average Bonchev–Trinajstić information content (AvgIpc) is 3.43. The van der Waals surface area contributed by atoms with Crippen LogP contribution in [-0.4, -0.2) is 42.4 Å². The Morgan fingerprint density at radius 1 is 1.22 bits per heavy atom. The monoisotopic (exact) mass is 436 g/mol. The maximum Gasteiger partial charge on any atom is 0.325 e. The summed E-state index contributed by atoms with van der Waals surface area (Å²) in [5, 5.41) is 10.1. The Morgan fingerprint density at radius 2 is 2.09 bits per heavy atom. The van der Waals surface area contributed by atoms with Crippen LogP contribution < -0.4 is 10.6 Å². The van der Waals surface area contributed by atoms with Crippen LogP contribution in [0.2, 0.25) is 0 Å². The van der Waals surface area contributed by atoms with E-state index in [0.29, 0.717) is 12.5 Å². The smallest absolute Gasteiger partial charge is 0.325 e. The SMILES string of the molecule is COC(=O)Cn1ccnc1Nc1ncc(F)c(NCc2cccc(-c3cnn(C)c3)c2)n1. The van der Waals surface area contributed by atoms with Gasteiger partial charge in [-0.05, 0) is 17.2 Å². The Morgan fingerprint density at radius 3 is 2.88 bits per heavy atom. The van der Waals surface area contributed by atoms with Crippen LogP contribution in [0.3, 0.4) is 0 Å². The van der Waals surface area contributed by atoms with E-state index in [-0.39, 0.29) is 18.3 Å². The summed E-state index contributed by atoms with van der Waals surface area (Å²) in [5.41, 5.74) is 2.96. The molecule has 0 unspecified atom stereocenters. The summed E-state index contributed by atoms with van der Waals surface area (Å²) in [7, 11) is 3.17. The summed E-state index contributed by atoms with van der Waals surface area (Å²) in [6, 6.07) is 7.87. The van der Waals surface area contributed by atoms with Crippen molar-refractivity contribution in [1.82, 2.24) is 29.3 Å². The molecule has 3 aromatic heterocycles. The van der Waals surface area contributed by atoms with E-state index in [0.717, 1.165) is 22.9 Å². The van der Waals surface area contributed by atoms with Crippen molar-refractivity contribution in [3.05, 3.63) is 66.6 Å². The number of ether oxygens (including phenoxy) is 1. The fourth-order valence-electron chi connectivity index (χ4n) is 3.03. The Balaban J connectivity index is 1.46. The van der Waals surface area contributed by atoms with E-state index in [9.17, 15) is 9.18 Å². The number of esters is 1. The first-order chi connectivity index (χ1) is 15.5. The lowest BCUT2D eigenvalue weighted by Gasteiger charge is -2.11. The molecule has 4 aromatic rings. The highest BCUT2D eigenvalue weighted by molar-refractivity contribution is 5.69. The molecule has 10 nitrogen and oxygen atoms in total. The number of carbonyl (C=O) groups is 1. The second kappa shape index (κ2) is 9.25. The molecule has 11 heteroatoms. The topological polar surface area (TPSA) is 112 Å². The number of nitrogens with zero attached hydrogens (tertiary/aromatic N) is 6. The number of aromatic nitrogens is 6. The number of hydrogen-bond acceptors (Lipinski definition) is 8. The van der Waals surface area contributed by atoms with Crippen LogP contribution in [0.5, 0.6) is 0 Å². The zero-order valence-corrected chi connectivity index (χ0v) is 17.5. The minimum absolute atomic E-state index is 0.0294. The van der Waals surface area contributed by atoms with E-state index in [1.807, 2.05) is 37.5 Å². The van der Waals surface area contributed by atoms with E-state index < -0.39 is 11.8 Å². The van der Waals surface area contributed by atoms with Crippen LogP contribution in [0.4, 0.5) is 22.1 Å². The zero-order valence-electron chi connectivity index (χ0n) is 17.5. The predicted molar refractivity (Wildman–Crippen MR) is 115 cm³/mol. The third-order valence-corrected chi connectivity index (χ3v) is 4.64. The van der Waals surface area contributed by atoms with E-state index in [4.69, 9.17) is 0 Å². The number of halogens is 1. The van der Waals surface area contributed by atoms with E-state index in [2.05, 4.69) is 35.4 Å². The van der Waals surface area contributed by atoms with Gasteiger partial charge in [-0.3, -0.25) is 14.8 Å². The molecule has 0 aliphatic carbocycles. The molecule has 164 valence electrons. The Hall–Kier alpha value is -4.28. The van der Waals surface area contributed by atoms with Crippen LogP contribution in [0, 0.1) is 5.82 Å². The fourth-order valence-corrected chi connectivity index (χ4v) is 3.03. The second-order valence-corrected chi connectivity index (χ2v) is 6.93. The summed E-state index contributed by atoms with van der Waals surface area (Å²) in [6.07, 6.45) is 7.91. The van der Waals surface area contributed by atoms with Gasteiger partial charge in [0.1, 0.15) is 6.54 Å². The van der Waals surface area contributed by atoms with Crippen molar-refractivity contribution in [2.75, 3.05) is 17.7 Å². The predicted octanol–water partition coefficient (Wildman–Crippen LogP) is 2.74. The largest absolute Gasteiger partial charge is 0.468 e. The normalized spacial score (nSPS) is 10.7. The van der Waals surface area contributed by atoms with E-state index in [1.54, 1.807) is 17.1 Å². The minimum atomic E-state index is -0.586. The summed E-state index contributed by atoms with van der Waals surface area (Å²) in [5.74, 6) is -0.508. The standard InChI is InChI=1S/C21H21FN8O2/c1-29-12-16(10-26-29)15-5-3-4-14(8-15)9-24-19-17(22)11-25-20(27-19)28-21-23-6-7-30(21)13-18(31)32-2/h3-8,10-12H,9,13H2,1-2H3,(H2,23,24,25,27,28). The van der Waals surface area contributed by atoms with Gasteiger partial charge in [-0.25, -0.2) is 14.4 Å². The molecule has 0 amide bonds. The molecule has 0 saturated heterocycles. The lowest BCUT2D eigenvalue weighted by atomic mass is 10.1. The van der Waals surface area contributed by atoms with Gasteiger partial charge < -0.3 is 14.6 Å². The zero-order chi connectivity index (χ0) is 22.5. The van der Waals surface area contributed by atoms with Crippen LogP contribution >= 0.6 is 0 Å². The molecule has 0 saturated carbocycles. The van der Waals surface area contributed by atoms with Gasteiger partial charge in [0.2, 0.25) is 11.9 Å². The summed E-state index contributed by atoms with van der Waals surface area (Å²) in [6.45, 7) is 0.330. The van der Waals surface area contributed by atoms with Crippen LogP contribution in [-0.2, 0) is 29.7 Å². The summed E-state index contributed by atoms with van der Waals surface area (Å²) < 4.78 is 22.2. The molecule has 4 rings (SSSR count). The maximum absolute atomic E-state index is 14.3. The van der Waals surface area contributed by atoms with Crippen molar-refractivity contribution < 1.29 is 13.9 Å². The summed E-state index contributed by atoms with van der Waals surface area (Å²) >= 11 is 0. The number of carbonyl (C=O) groups excluding carboxylic acids is 1. The quantitative estimate of drug-likeness (QED) is 0.406. The van der Waals surface area contributed by atoms with Gasteiger partial charge in [0.25, 0.3) is 0 Å². The molecule has 0 radical (unpaired) electrons. The van der Waals surface area contributed by atoms with E-state index in [1.165, 1.54) is 17.9 Å². The molecule has 0 aliphatic heterocycles. The number of nitrogens with one attached hydrogen (secondary N) is 2. The lowest BCUT2D eigenvalue weighted by Crippen LogP contribution is -2.14. The number of rotatable bonds is 8. The molecule has 32 heavy (non-hydrogen) atoms. The third kappa shape index (κ3) is 4.89. The van der Waals surface area contributed by atoms with Gasteiger partial charge in [0.05, 0.1) is 19.5 Å². The molecular weight excluding hydrogens is 415 g/mol. The maximum atomic E-state index is 14.3. The van der Waals surface area contributed by atoms with Crippen LogP contribution in [0.25, 0.3) is 11.1 Å². The number of aryl methyl sites for hydroxylation is 1. The molecule has 3 heterocycles. The van der Waals surface area contributed by atoms with Crippen LogP contribution in [0.15, 0.2) is 55.2 Å². The van der Waals surface area contributed by atoms with Crippen molar-refractivity contribution in [3.63, 3.8) is 0 Å². The first-order valence-corrected chi connectivity index (χ1v) is 9.71. The van der Waals surface area contributed by atoms with Gasteiger partial charge in [-0.2, -0.15) is 10.1 Å². The van der Waals surface area contributed by atoms with Gasteiger partial charge >= 0.3 is 5.97 Å². The average molecular weight is 436 g/mol. The van der Waals surface area contributed by atoms with Crippen molar-refractivity contribution in [2.24, 2.45) is 7.05 Å². The molecule has 0 aliphatic rings. The highest BCUT2D eigenvalue weighted by Crippen LogP contribution is 2.21. The first kappa shape index (κ1) is 21.0. The van der Waals surface area contributed by atoms with Crippen molar-refractivity contribution in [1.29, 1.82) is 0 Å². The highest BCUT2D eigenvalue weighted by Gasteiger charge is 2.12. The molecule has 0 spiro atoms. The number of imidazole rings is 1. The third-order valence-electron chi connectivity index (χ3n) is 4.64. The molecule has 0 atom stereocenters. The number of hydrogen-bond donors (Lipinski definition) is 2. The molecule has 2 N–H and O–H groups in total. The molecule has 0 fully saturated rings.